The lowest BCUT2D eigenvalue weighted by atomic mass is 10.2. The van der Waals surface area contributed by atoms with Crippen LogP contribution in [-0.4, -0.2) is 51.1 Å². The van der Waals surface area contributed by atoms with Crippen LogP contribution in [0.3, 0.4) is 0 Å². The number of rotatable bonds is 5. The molecule has 1 heterocycles. The summed E-state index contributed by atoms with van der Waals surface area (Å²) in [7, 11) is -0.892. The second-order valence-corrected chi connectivity index (χ2v) is 9.07. The molecule has 3 amide bonds. The first kappa shape index (κ1) is 21.5. The molecule has 0 atom stereocenters. The van der Waals surface area contributed by atoms with Gasteiger partial charge in [0.15, 0.2) is 0 Å². The van der Waals surface area contributed by atoms with E-state index in [1.807, 2.05) is 0 Å². The predicted octanol–water partition coefficient (Wildman–Crippen LogP) is 1.14. The lowest BCUT2D eigenvalue weighted by Crippen LogP contribution is -2.41. The minimum atomic E-state index is -3.68. The standard InChI is InChI=1S/C20H22N4O5S/c1-23(2)30(28,29)17-6-3-5-15(13-17)20(27)22-21-19(26)14-8-10-16(11-9-14)24-12-4-7-18(24)25/h3,5-6,8-11,13H,4,7,12H2,1-2H3,(H,21,26)(H,22,27). The van der Waals surface area contributed by atoms with Gasteiger partial charge in [-0.05, 0) is 48.9 Å². The number of anilines is 1. The highest BCUT2D eigenvalue weighted by Crippen LogP contribution is 2.21. The van der Waals surface area contributed by atoms with Gasteiger partial charge in [0.05, 0.1) is 4.90 Å². The summed E-state index contributed by atoms with van der Waals surface area (Å²) in [6, 6.07) is 12.0. The van der Waals surface area contributed by atoms with Crippen molar-refractivity contribution in [2.24, 2.45) is 0 Å². The van der Waals surface area contributed by atoms with Gasteiger partial charge in [-0.25, -0.2) is 12.7 Å². The quantitative estimate of drug-likeness (QED) is 0.690. The SMILES string of the molecule is CN(C)S(=O)(=O)c1cccc(C(=O)NNC(=O)c2ccc(N3CCCC3=O)cc2)c1. The van der Waals surface area contributed by atoms with Crippen LogP contribution in [-0.2, 0) is 14.8 Å². The predicted molar refractivity (Wildman–Crippen MR) is 110 cm³/mol. The Morgan fingerprint density at radius 2 is 1.60 bits per heavy atom. The summed E-state index contributed by atoms with van der Waals surface area (Å²) >= 11 is 0. The normalized spacial score (nSPS) is 14.1. The van der Waals surface area contributed by atoms with Crippen molar-refractivity contribution in [2.45, 2.75) is 17.7 Å². The van der Waals surface area contributed by atoms with Crippen LogP contribution >= 0.6 is 0 Å². The third-order valence-corrected chi connectivity index (χ3v) is 6.49. The Bertz CT molecular complexity index is 1080. The zero-order valence-corrected chi connectivity index (χ0v) is 17.4. The zero-order chi connectivity index (χ0) is 21.9. The Kier molecular flexibility index (Phi) is 6.18. The lowest BCUT2D eigenvalue weighted by molar-refractivity contribution is -0.117. The van der Waals surface area contributed by atoms with Gasteiger partial charge < -0.3 is 4.90 Å². The van der Waals surface area contributed by atoms with E-state index in [4.69, 9.17) is 0 Å². The Morgan fingerprint density at radius 1 is 0.967 bits per heavy atom. The maximum absolute atomic E-state index is 12.3. The maximum atomic E-state index is 12.3. The van der Waals surface area contributed by atoms with Crippen LogP contribution in [0, 0.1) is 0 Å². The molecule has 0 aromatic heterocycles. The number of benzene rings is 2. The first-order valence-corrected chi connectivity index (χ1v) is 10.7. The first-order valence-electron chi connectivity index (χ1n) is 9.24. The number of hydrazine groups is 1. The van der Waals surface area contributed by atoms with Gasteiger partial charge in [0.1, 0.15) is 0 Å². The molecule has 3 rings (SSSR count). The van der Waals surface area contributed by atoms with Crippen LogP contribution in [0.25, 0.3) is 0 Å². The molecule has 1 fully saturated rings. The van der Waals surface area contributed by atoms with Crippen molar-refractivity contribution in [1.29, 1.82) is 0 Å². The number of nitrogens with one attached hydrogen (secondary N) is 2. The number of sulfonamides is 1. The molecule has 158 valence electrons. The molecule has 2 aromatic carbocycles. The average molecular weight is 430 g/mol. The monoisotopic (exact) mass is 430 g/mol. The van der Waals surface area contributed by atoms with Crippen LogP contribution in [0.2, 0.25) is 0 Å². The minimum absolute atomic E-state index is 0.0291. The largest absolute Gasteiger partial charge is 0.312 e. The van der Waals surface area contributed by atoms with E-state index in [2.05, 4.69) is 10.9 Å². The van der Waals surface area contributed by atoms with Crippen LogP contribution in [0.15, 0.2) is 53.4 Å². The van der Waals surface area contributed by atoms with Crippen LogP contribution in [0.4, 0.5) is 5.69 Å². The molecule has 30 heavy (non-hydrogen) atoms. The fourth-order valence-corrected chi connectivity index (χ4v) is 3.93. The summed E-state index contributed by atoms with van der Waals surface area (Å²) < 4.78 is 25.4. The van der Waals surface area contributed by atoms with E-state index >= 15 is 0 Å². The molecule has 0 unspecified atom stereocenters. The van der Waals surface area contributed by atoms with Gasteiger partial charge in [0.2, 0.25) is 15.9 Å². The van der Waals surface area contributed by atoms with Crippen LogP contribution in [0.5, 0.6) is 0 Å². The Morgan fingerprint density at radius 3 is 2.17 bits per heavy atom. The van der Waals surface area contributed by atoms with Crippen molar-refractivity contribution in [1.82, 2.24) is 15.2 Å². The lowest BCUT2D eigenvalue weighted by Gasteiger charge is -2.16. The molecule has 1 aliphatic heterocycles. The fraction of sp³-hybridized carbons (Fsp3) is 0.250. The summed E-state index contributed by atoms with van der Waals surface area (Å²) in [5, 5.41) is 0. The van der Waals surface area contributed by atoms with E-state index in [9.17, 15) is 22.8 Å². The summed E-state index contributed by atoms with van der Waals surface area (Å²) in [5.74, 6) is -1.14. The average Bonchev–Trinajstić information content (AvgIpc) is 3.17. The van der Waals surface area contributed by atoms with Gasteiger partial charge in [-0.2, -0.15) is 0 Å². The number of carbonyl (C=O) groups is 3. The number of amides is 3. The molecular formula is C20H22N4O5S. The number of nitrogens with zero attached hydrogens (tertiary/aromatic N) is 2. The smallest absolute Gasteiger partial charge is 0.269 e. The van der Waals surface area contributed by atoms with Crippen molar-refractivity contribution >= 4 is 33.4 Å². The van der Waals surface area contributed by atoms with E-state index in [1.54, 1.807) is 29.2 Å². The molecular weight excluding hydrogens is 408 g/mol. The topological polar surface area (TPSA) is 116 Å². The molecule has 2 N–H and O–H groups in total. The third kappa shape index (κ3) is 4.50. The fourth-order valence-electron chi connectivity index (χ4n) is 2.98. The number of carbonyl (C=O) groups excluding carboxylic acids is 3. The second-order valence-electron chi connectivity index (χ2n) is 6.92. The molecule has 10 heteroatoms. The van der Waals surface area contributed by atoms with Gasteiger partial charge in [0, 0.05) is 43.9 Å². The maximum Gasteiger partial charge on any atom is 0.269 e. The van der Waals surface area contributed by atoms with Gasteiger partial charge in [-0.1, -0.05) is 6.07 Å². The molecule has 0 radical (unpaired) electrons. The summed E-state index contributed by atoms with van der Waals surface area (Å²) in [6.45, 7) is 0.656. The zero-order valence-electron chi connectivity index (χ0n) is 16.6. The van der Waals surface area contributed by atoms with E-state index in [-0.39, 0.29) is 16.4 Å². The van der Waals surface area contributed by atoms with E-state index < -0.39 is 21.8 Å². The second kappa shape index (κ2) is 8.64. The summed E-state index contributed by atoms with van der Waals surface area (Å²) in [5.41, 5.74) is 5.67. The van der Waals surface area contributed by atoms with Crippen molar-refractivity contribution in [3.05, 3.63) is 59.7 Å². The Hall–Kier alpha value is -3.24. The van der Waals surface area contributed by atoms with Gasteiger partial charge in [-0.3, -0.25) is 25.2 Å². The minimum Gasteiger partial charge on any atom is -0.312 e. The third-order valence-electron chi connectivity index (χ3n) is 4.68. The van der Waals surface area contributed by atoms with Gasteiger partial charge in [0.25, 0.3) is 11.8 Å². The summed E-state index contributed by atoms with van der Waals surface area (Å²) in [6.07, 6.45) is 1.33. The number of hydrogen-bond acceptors (Lipinski definition) is 5. The molecule has 2 aromatic rings. The molecule has 0 saturated carbocycles. The molecule has 9 nitrogen and oxygen atoms in total. The van der Waals surface area contributed by atoms with Crippen molar-refractivity contribution in [2.75, 3.05) is 25.5 Å². The molecule has 0 aliphatic carbocycles. The molecule has 0 bridgehead atoms. The van der Waals surface area contributed by atoms with Crippen LogP contribution < -0.4 is 15.8 Å². The summed E-state index contributed by atoms with van der Waals surface area (Å²) in [4.78, 5) is 38.0. The van der Waals surface area contributed by atoms with Crippen LogP contribution in [0.1, 0.15) is 33.6 Å². The van der Waals surface area contributed by atoms with E-state index in [0.29, 0.717) is 18.5 Å². The van der Waals surface area contributed by atoms with Crippen molar-refractivity contribution in [3.8, 4) is 0 Å². The van der Waals surface area contributed by atoms with Gasteiger partial charge in [-0.15, -0.1) is 0 Å². The van der Waals surface area contributed by atoms with Crippen molar-refractivity contribution in [3.63, 3.8) is 0 Å². The van der Waals surface area contributed by atoms with Crippen molar-refractivity contribution < 1.29 is 22.8 Å². The molecule has 1 saturated heterocycles. The number of hydrogen-bond donors (Lipinski definition) is 2. The van der Waals surface area contributed by atoms with E-state index in [1.165, 1.54) is 38.4 Å². The highest BCUT2D eigenvalue weighted by Gasteiger charge is 2.22. The van der Waals surface area contributed by atoms with Gasteiger partial charge >= 0.3 is 0 Å². The first-order chi connectivity index (χ1) is 14.2. The Labute approximate surface area is 174 Å². The molecule has 0 spiro atoms. The molecule has 1 aliphatic rings. The highest BCUT2D eigenvalue weighted by molar-refractivity contribution is 7.89. The van der Waals surface area contributed by atoms with E-state index in [0.717, 1.165) is 16.4 Å². The Balaban J connectivity index is 1.63. The highest BCUT2D eigenvalue weighted by atomic mass is 32.2.